The smallest absolute Gasteiger partial charge is 0.302 e. The van der Waals surface area contributed by atoms with Crippen molar-refractivity contribution in [1.82, 2.24) is 34.9 Å². The second-order valence-electron chi connectivity index (χ2n) is 12.7. The molecule has 11 heteroatoms. The zero-order valence-electron chi connectivity index (χ0n) is 26.9. The van der Waals surface area contributed by atoms with Gasteiger partial charge in [-0.15, -0.1) is 0 Å². The van der Waals surface area contributed by atoms with Crippen molar-refractivity contribution < 1.29 is 14.3 Å². The van der Waals surface area contributed by atoms with E-state index in [2.05, 4.69) is 36.8 Å². The fourth-order valence-electron chi connectivity index (χ4n) is 6.95. The first-order valence-electron chi connectivity index (χ1n) is 16.3. The Hall–Kier alpha value is -4.35. The minimum absolute atomic E-state index is 0.0704. The molecule has 0 spiro atoms. The van der Waals surface area contributed by atoms with E-state index in [-0.39, 0.29) is 24.4 Å². The van der Waals surface area contributed by atoms with Crippen LogP contribution in [0.4, 0.5) is 5.82 Å². The molecule has 1 aliphatic carbocycles. The highest BCUT2D eigenvalue weighted by molar-refractivity contribution is 5.98. The molecule has 242 valence electrons. The molecular formula is C35H44N8O3. The van der Waals surface area contributed by atoms with Gasteiger partial charge < -0.3 is 20.7 Å². The summed E-state index contributed by atoms with van der Waals surface area (Å²) in [5.41, 5.74) is 10.8. The van der Waals surface area contributed by atoms with Crippen molar-refractivity contribution in [1.29, 1.82) is 0 Å². The van der Waals surface area contributed by atoms with Crippen molar-refractivity contribution in [2.75, 3.05) is 39.0 Å². The molecule has 2 aromatic carbocycles. The van der Waals surface area contributed by atoms with Gasteiger partial charge in [-0.1, -0.05) is 54.6 Å². The number of carbonyl (C=O) groups is 2. The molecule has 3 N–H and O–H groups in total. The average molecular weight is 625 g/mol. The molecule has 4 aromatic rings. The van der Waals surface area contributed by atoms with E-state index in [1.165, 1.54) is 13.3 Å². The lowest BCUT2D eigenvalue weighted by molar-refractivity contribution is -0.146. The Morgan fingerprint density at radius 3 is 2.26 bits per heavy atom. The number of hydrogen-bond acceptors (Lipinski definition) is 9. The first kappa shape index (κ1) is 31.6. The summed E-state index contributed by atoms with van der Waals surface area (Å²) in [6.45, 7) is 7.61. The first-order valence-corrected chi connectivity index (χ1v) is 16.3. The molecule has 0 bridgehead atoms. The number of carbonyl (C=O) groups excluding carboxylic acids is 2. The Kier molecular flexibility index (Phi) is 9.60. The highest BCUT2D eigenvalue weighted by Gasteiger charge is 2.31. The van der Waals surface area contributed by atoms with Gasteiger partial charge in [-0.05, 0) is 50.8 Å². The molecule has 1 amide bonds. The third-order valence-corrected chi connectivity index (χ3v) is 9.38. The summed E-state index contributed by atoms with van der Waals surface area (Å²) in [6.07, 6.45) is 5.46. The molecule has 2 unspecified atom stereocenters. The number of anilines is 1. The maximum Gasteiger partial charge on any atom is 0.302 e. The first-order chi connectivity index (χ1) is 22.3. The summed E-state index contributed by atoms with van der Waals surface area (Å²) in [4.78, 5) is 38.4. The Balaban J connectivity index is 1.24. The van der Waals surface area contributed by atoms with E-state index < -0.39 is 12.1 Å². The topological polar surface area (TPSA) is 132 Å². The van der Waals surface area contributed by atoms with E-state index in [0.29, 0.717) is 11.9 Å². The van der Waals surface area contributed by atoms with E-state index in [4.69, 9.17) is 15.6 Å². The molecule has 2 fully saturated rings. The fraction of sp³-hybridized carbons (Fsp3) is 0.457. The Bertz CT molecular complexity index is 1640. The predicted molar refractivity (Wildman–Crippen MR) is 178 cm³/mol. The van der Waals surface area contributed by atoms with E-state index in [0.717, 1.165) is 85.3 Å². The number of piperazine rings is 1. The van der Waals surface area contributed by atoms with Crippen LogP contribution in [0.1, 0.15) is 69.2 Å². The molecule has 2 atom stereocenters. The van der Waals surface area contributed by atoms with Gasteiger partial charge in [-0.25, -0.2) is 14.6 Å². The quantitative estimate of drug-likeness (QED) is 0.261. The van der Waals surface area contributed by atoms with Crippen molar-refractivity contribution in [2.24, 2.45) is 0 Å². The molecule has 2 aliphatic rings. The monoisotopic (exact) mass is 624 g/mol. The molecular weight excluding hydrogens is 580 g/mol. The SMILES string of the molecule is CC(=O)OC(C)CC(=O)NC(c1ccccc1)c1ccc(-c2nn([C@H]3CC[C@@H](N4CCN(C)CC4)CC3)c3ncnc(N)c23)cc1. The van der Waals surface area contributed by atoms with Crippen LogP contribution in [-0.2, 0) is 14.3 Å². The lowest BCUT2D eigenvalue weighted by Gasteiger charge is -2.41. The van der Waals surface area contributed by atoms with Crippen LogP contribution in [0.2, 0.25) is 0 Å². The van der Waals surface area contributed by atoms with Crippen LogP contribution in [0.15, 0.2) is 60.9 Å². The van der Waals surface area contributed by atoms with Gasteiger partial charge in [0.15, 0.2) is 5.65 Å². The van der Waals surface area contributed by atoms with E-state index in [9.17, 15) is 9.59 Å². The van der Waals surface area contributed by atoms with Crippen LogP contribution in [-0.4, -0.2) is 86.8 Å². The van der Waals surface area contributed by atoms with Crippen LogP contribution < -0.4 is 11.1 Å². The third kappa shape index (κ3) is 7.05. The number of hydrogen-bond donors (Lipinski definition) is 2. The molecule has 2 aromatic heterocycles. The van der Waals surface area contributed by atoms with Crippen LogP contribution in [0.3, 0.4) is 0 Å². The zero-order chi connectivity index (χ0) is 32.2. The van der Waals surface area contributed by atoms with Gasteiger partial charge in [0.2, 0.25) is 5.91 Å². The number of ether oxygens (including phenoxy) is 1. The maximum atomic E-state index is 13.0. The standard InChI is InChI=1S/C35H44N8O3/c1-23(46-24(2)44)21-30(45)39-32(25-7-5-4-6-8-25)26-9-11-27(12-10-26)33-31-34(36)37-22-38-35(31)43(40-33)29-15-13-28(14-16-29)42-19-17-41(3)18-20-42/h4-12,22-23,28-29,32H,13-21H2,1-3H3,(H,39,45)(H2,36,37,38)/t23?,28-,29+,32?. The average Bonchev–Trinajstić information content (AvgIpc) is 3.45. The largest absolute Gasteiger partial charge is 0.462 e. The number of rotatable bonds is 9. The number of nitrogens with two attached hydrogens (primary N) is 1. The van der Waals surface area contributed by atoms with Gasteiger partial charge in [0.05, 0.1) is 23.9 Å². The van der Waals surface area contributed by atoms with Crippen molar-refractivity contribution in [3.63, 3.8) is 0 Å². The molecule has 1 saturated carbocycles. The number of aromatic nitrogens is 4. The Morgan fingerprint density at radius 1 is 0.935 bits per heavy atom. The summed E-state index contributed by atoms with van der Waals surface area (Å²) in [7, 11) is 2.20. The number of fused-ring (bicyclic) bond motifs is 1. The lowest BCUT2D eigenvalue weighted by Crippen LogP contribution is -2.49. The van der Waals surface area contributed by atoms with Gasteiger partial charge in [0.1, 0.15) is 23.9 Å². The summed E-state index contributed by atoms with van der Waals surface area (Å²) in [6, 6.07) is 18.4. The summed E-state index contributed by atoms with van der Waals surface area (Å²) < 4.78 is 7.25. The maximum absolute atomic E-state index is 13.0. The summed E-state index contributed by atoms with van der Waals surface area (Å²) in [5.74, 6) is -0.198. The highest BCUT2D eigenvalue weighted by atomic mass is 16.5. The molecule has 1 saturated heterocycles. The van der Waals surface area contributed by atoms with Crippen molar-refractivity contribution in [3.05, 3.63) is 72.1 Å². The molecule has 1 aliphatic heterocycles. The zero-order valence-corrected chi connectivity index (χ0v) is 26.9. The summed E-state index contributed by atoms with van der Waals surface area (Å²) in [5, 5.41) is 9.03. The predicted octanol–water partition coefficient (Wildman–Crippen LogP) is 4.35. The molecule has 0 radical (unpaired) electrons. The fourth-order valence-corrected chi connectivity index (χ4v) is 6.95. The number of likely N-dealkylation sites (N-methyl/N-ethyl adjacent to an activating group) is 1. The molecule has 3 heterocycles. The van der Waals surface area contributed by atoms with Gasteiger partial charge in [0, 0.05) is 44.7 Å². The minimum atomic E-state index is -0.519. The summed E-state index contributed by atoms with van der Waals surface area (Å²) >= 11 is 0. The van der Waals surface area contributed by atoms with Crippen LogP contribution in [0.5, 0.6) is 0 Å². The molecule has 46 heavy (non-hydrogen) atoms. The van der Waals surface area contributed by atoms with E-state index in [1.807, 2.05) is 54.6 Å². The number of benzene rings is 2. The normalized spacial score (nSPS) is 20.7. The second-order valence-corrected chi connectivity index (χ2v) is 12.7. The Morgan fingerprint density at radius 2 is 1.59 bits per heavy atom. The van der Waals surface area contributed by atoms with Crippen LogP contribution in [0, 0.1) is 0 Å². The number of nitrogens with zero attached hydrogens (tertiary/aromatic N) is 6. The Labute approximate surface area is 270 Å². The van der Waals surface area contributed by atoms with Crippen LogP contribution >= 0.6 is 0 Å². The number of nitrogen functional groups attached to an aromatic ring is 1. The van der Waals surface area contributed by atoms with Gasteiger partial charge >= 0.3 is 5.97 Å². The van der Waals surface area contributed by atoms with Gasteiger partial charge in [-0.3, -0.25) is 14.5 Å². The highest BCUT2D eigenvalue weighted by Crippen LogP contribution is 2.37. The minimum Gasteiger partial charge on any atom is -0.462 e. The van der Waals surface area contributed by atoms with Crippen molar-refractivity contribution >= 4 is 28.7 Å². The lowest BCUT2D eigenvalue weighted by atomic mass is 9.90. The number of nitrogens with one attached hydrogen (secondary N) is 1. The van der Waals surface area contributed by atoms with Crippen molar-refractivity contribution in [3.8, 4) is 11.3 Å². The van der Waals surface area contributed by atoms with Gasteiger partial charge in [0.25, 0.3) is 0 Å². The van der Waals surface area contributed by atoms with E-state index >= 15 is 0 Å². The van der Waals surface area contributed by atoms with Crippen LogP contribution in [0.25, 0.3) is 22.3 Å². The number of esters is 1. The van der Waals surface area contributed by atoms with Crippen molar-refractivity contribution in [2.45, 2.75) is 70.2 Å². The number of amides is 1. The van der Waals surface area contributed by atoms with Gasteiger partial charge in [-0.2, -0.15) is 5.10 Å². The molecule has 6 rings (SSSR count). The van der Waals surface area contributed by atoms with E-state index in [1.54, 1.807) is 6.92 Å². The molecule has 11 nitrogen and oxygen atoms in total. The second kappa shape index (κ2) is 14.0. The third-order valence-electron chi connectivity index (χ3n) is 9.38.